The van der Waals surface area contributed by atoms with E-state index < -0.39 is 0 Å². The number of aryl methyl sites for hydroxylation is 3. The van der Waals surface area contributed by atoms with E-state index in [1.54, 1.807) is 37.3 Å². The molecule has 3 N–H and O–H groups in total. The van der Waals surface area contributed by atoms with Crippen LogP contribution in [0.25, 0.3) is 0 Å². The van der Waals surface area contributed by atoms with Gasteiger partial charge in [-0.25, -0.2) is 9.97 Å². The van der Waals surface area contributed by atoms with Gasteiger partial charge in [-0.15, -0.1) is 0 Å². The van der Waals surface area contributed by atoms with Crippen molar-refractivity contribution in [1.82, 2.24) is 9.97 Å². The molecule has 0 saturated carbocycles. The van der Waals surface area contributed by atoms with Crippen LogP contribution in [0.1, 0.15) is 34.4 Å². The highest BCUT2D eigenvalue weighted by atomic mass is 16.2. The molecule has 0 radical (unpaired) electrons. The maximum Gasteiger partial charge on any atom is 0.274 e. The molecule has 7 nitrogen and oxygen atoms in total. The monoisotopic (exact) mass is 389 g/mol. The number of carbonyl (C=O) groups is 2. The first-order valence-electron chi connectivity index (χ1n) is 9.19. The third-order valence-electron chi connectivity index (χ3n) is 4.18. The summed E-state index contributed by atoms with van der Waals surface area (Å²) >= 11 is 0. The number of nitrogens with zero attached hydrogens (tertiary/aromatic N) is 2. The van der Waals surface area contributed by atoms with Gasteiger partial charge in [0.05, 0.1) is 0 Å². The van der Waals surface area contributed by atoms with E-state index in [9.17, 15) is 9.59 Å². The molecular formula is C22H23N5O2. The van der Waals surface area contributed by atoms with E-state index in [1.807, 2.05) is 26.0 Å². The molecular weight excluding hydrogens is 366 g/mol. The predicted molar refractivity (Wildman–Crippen MR) is 115 cm³/mol. The lowest BCUT2D eigenvalue weighted by Gasteiger charge is -2.12. The number of hydrogen-bond acceptors (Lipinski definition) is 5. The van der Waals surface area contributed by atoms with E-state index in [1.165, 1.54) is 12.5 Å². The first kappa shape index (κ1) is 20.0. The Hall–Kier alpha value is -3.74. The summed E-state index contributed by atoms with van der Waals surface area (Å²) < 4.78 is 0. The summed E-state index contributed by atoms with van der Waals surface area (Å²) in [4.78, 5) is 32.4. The second-order valence-electron chi connectivity index (χ2n) is 6.84. The normalized spacial score (nSPS) is 10.3. The summed E-state index contributed by atoms with van der Waals surface area (Å²) in [5, 5.41) is 8.74. The van der Waals surface area contributed by atoms with Crippen LogP contribution in [0.2, 0.25) is 0 Å². The maximum atomic E-state index is 12.6. The van der Waals surface area contributed by atoms with Crippen molar-refractivity contribution >= 4 is 34.7 Å². The lowest BCUT2D eigenvalue weighted by Crippen LogP contribution is -2.15. The second-order valence-corrected chi connectivity index (χ2v) is 6.84. The summed E-state index contributed by atoms with van der Waals surface area (Å²) in [6, 6.07) is 14.6. The Morgan fingerprint density at radius 1 is 0.828 bits per heavy atom. The van der Waals surface area contributed by atoms with Gasteiger partial charge in [-0.2, -0.15) is 0 Å². The molecule has 0 atom stereocenters. The Kier molecular flexibility index (Phi) is 5.87. The average molecular weight is 389 g/mol. The zero-order valence-electron chi connectivity index (χ0n) is 16.8. The molecule has 2 aromatic carbocycles. The third-order valence-corrected chi connectivity index (χ3v) is 4.18. The van der Waals surface area contributed by atoms with E-state index >= 15 is 0 Å². The summed E-state index contributed by atoms with van der Waals surface area (Å²) in [5.41, 5.74) is 4.71. The number of nitrogens with one attached hydrogen (secondary N) is 3. The van der Waals surface area contributed by atoms with E-state index in [0.717, 1.165) is 11.3 Å². The molecule has 7 heteroatoms. The fraction of sp³-hybridized carbons (Fsp3) is 0.182. The number of aromatic nitrogens is 2. The topological polar surface area (TPSA) is 96.0 Å². The summed E-state index contributed by atoms with van der Waals surface area (Å²) in [5.74, 6) is 0.551. The smallest absolute Gasteiger partial charge is 0.274 e. The number of hydrogen-bond donors (Lipinski definition) is 3. The van der Waals surface area contributed by atoms with Gasteiger partial charge >= 0.3 is 0 Å². The molecule has 0 aliphatic heterocycles. The van der Waals surface area contributed by atoms with Crippen molar-refractivity contribution in [2.24, 2.45) is 0 Å². The van der Waals surface area contributed by atoms with Crippen molar-refractivity contribution in [3.8, 4) is 0 Å². The standard InChI is InChI=1S/C22H23N5O2/c1-13-5-10-19(14(2)11-13)27-21-12-20(23-15(3)24-21)22(29)26-18-8-6-17(7-9-18)25-16(4)28/h5-12H,1-4H3,(H,25,28)(H,26,29)(H,23,24,27). The van der Waals surface area contributed by atoms with Gasteiger partial charge in [-0.05, 0) is 56.7 Å². The largest absolute Gasteiger partial charge is 0.340 e. The highest BCUT2D eigenvalue weighted by molar-refractivity contribution is 6.03. The highest BCUT2D eigenvalue weighted by Gasteiger charge is 2.12. The van der Waals surface area contributed by atoms with Crippen molar-refractivity contribution in [3.63, 3.8) is 0 Å². The second kappa shape index (κ2) is 8.52. The van der Waals surface area contributed by atoms with Crippen molar-refractivity contribution in [2.45, 2.75) is 27.7 Å². The lowest BCUT2D eigenvalue weighted by molar-refractivity contribution is -0.114. The van der Waals surface area contributed by atoms with Crippen LogP contribution in [0.3, 0.4) is 0 Å². The van der Waals surface area contributed by atoms with Crippen LogP contribution >= 0.6 is 0 Å². The minimum atomic E-state index is -0.341. The Morgan fingerprint density at radius 3 is 2.10 bits per heavy atom. The van der Waals surface area contributed by atoms with E-state index in [0.29, 0.717) is 23.0 Å². The molecule has 1 heterocycles. The van der Waals surface area contributed by atoms with Crippen LogP contribution < -0.4 is 16.0 Å². The number of benzene rings is 2. The molecule has 1 aromatic heterocycles. The van der Waals surface area contributed by atoms with Gasteiger partial charge in [-0.1, -0.05) is 17.7 Å². The van der Waals surface area contributed by atoms with E-state index in [4.69, 9.17) is 0 Å². The van der Waals surface area contributed by atoms with Crippen molar-refractivity contribution in [1.29, 1.82) is 0 Å². The fourth-order valence-electron chi connectivity index (χ4n) is 2.88. The third kappa shape index (κ3) is 5.38. The zero-order chi connectivity index (χ0) is 21.0. The summed E-state index contributed by atoms with van der Waals surface area (Å²) in [6.45, 7) is 7.24. The minimum absolute atomic E-state index is 0.151. The molecule has 0 bridgehead atoms. The van der Waals surface area contributed by atoms with Crippen molar-refractivity contribution in [3.05, 3.63) is 71.2 Å². The van der Waals surface area contributed by atoms with E-state index in [-0.39, 0.29) is 17.5 Å². The number of amides is 2. The Balaban J connectivity index is 1.76. The number of carbonyl (C=O) groups excluding carboxylic acids is 2. The lowest BCUT2D eigenvalue weighted by atomic mass is 10.1. The van der Waals surface area contributed by atoms with Gasteiger partial charge in [0.1, 0.15) is 17.3 Å². The maximum absolute atomic E-state index is 12.6. The van der Waals surface area contributed by atoms with Crippen LogP contribution in [-0.4, -0.2) is 21.8 Å². The molecule has 0 fully saturated rings. The van der Waals surface area contributed by atoms with Gasteiger partial charge in [-0.3, -0.25) is 9.59 Å². The van der Waals surface area contributed by atoms with Crippen LogP contribution in [-0.2, 0) is 4.79 Å². The molecule has 0 aliphatic rings. The van der Waals surface area contributed by atoms with Crippen LogP contribution in [0, 0.1) is 20.8 Å². The highest BCUT2D eigenvalue weighted by Crippen LogP contribution is 2.21. The van der Waals surface area contributed by atoms with Gasteiger partial charge in [0.25, 0.3) is 5.91 Å². The average Bonchev–Trinajstić information content (AvgIpc) is 2.65. The molecule has 0 saturated heterocycles. The molecule has 148 valence electrons. The van der Waals surface area contributed by atoms with Gasteiger partial charge in [0.15, 0.2) is 0 Å². The Bertz CT molecular complexity index is 1060. The van der Waals surface area contributed by atoms with Crippen LogP contribution in [0.4, 0.5) is 22.9 Å². The van der Waals surface area contributed by atoms with E-state index in [2.05, 4.69) is 32.0 Å². The SMILES string of the molecule is CC(=O)Nc1ccc(NC(=O)c2cc(Nc3ccc(C)cc3C)nc(C)n2)cc1. The Labute approximate surface area is 169 Å². The molecule has 0 spiro atoms. The number of anilines is 4. The molecule has 0 unspecified atom stereocenters. The minimum Gasteiger partial charge on any atom is -0.340 e. The summed E-state index contributed by atoms with van der Waals surface area (Å²) in [7, 11) is 0. The molecule has 3 aromatic rings. The first-order valence-corrected chi connectivity index (χ1v) is 9.19. The van der Waals surface area contributed by atoms with Crippen molar-refractivity contribution in [2.75, 3.05) is 16.0 Å². The molecule has 29 heavy (non-hydrogen) atoms. The predicted octanol–water partition coefficient (Wildman–Crippen LogP) is 4.36. The Morgan fingerprint density at radius 2 is 1.48 bits per heavy atom. The summed E-state index contributed by atoms with van der Waals surface area (Å²) in [6.07, 6.45) is 0. The van der Waals surface area contributed by atoms with Crippen LogP contribution in [0.15, 0.2) is 48.5 Å². The molecule has 3 rings (SSSR count). The number of rotatable bonds is 5. The zero-order valence-corrected chi connectivity index (χ0v) is 16.8. The quantitative estimate of drug-likeness (QED) is 0.603. The van der Waals surface area contributed by atoms with Crippen LogP contribution in [0.5, 0.6) is 0 Å². The molecule has 0 aliphatic carbocycles. The molecule has 2 amide bonds. The van der Waals surface area contributed by atoms with Crippen molar-refractivity contribution < 1.29 is 9.59 Å². The fourth-order valence-corrected chi connectivity index (χ4v) is 2.88. The van der Waals surface area contributed by atoms with Gasteiger partial charge < -0.3 is 16.0 Å². The van der Waals surface area contributed by atoms with Gasteiger partial charge in [0, 0.05) is 30.1 Å². The first-order chi connectivity index (χ1) is 13.8. The van der Waals surface area contributed by atoms with Gasteiger partial charge in [0.2, 0.25) is 5.91 Å².